The Bertz CT molecular complexity index is 873. The van der Waals surface area contributed by atoms with Crippen molar-refractivity contribution < 1.29 is 17.6 Å². The van der Waals surface area contributed by atoms with Crippen molar-refractivity contribution in [3.8, 4) is 0 Å². The summed E-state index contributed by atoms with van der Waals surface area (Å²) in [5.74, 6) is -1.24. The van der Waals surface area contributed by atoms with Crippen molar-refractivity contribution in [2.75, 3.05) is 11.6 Å². The Morgan fingerprint density at radius 3 is 2.57 bits per heavy atom. The molecule has 0 saturated heterocycles. The first-order valence-corrected chi connectivity index (χ1v) is 8.70. The van der Waals surface area contributed by atoms with E-state index in [9.17, 15) is 17.6 Å². The van der Waals surface area contributed by atoms with Crippen molar-refractivity contribution in [1.82, 2.24) is 0 Å². The third kappa shape index (κ3) is 4.75. The molecule has 4 nitrogen and oxygen atoms in total. The number of hydrogen-bond donors (Lipinski definition) is 1. The van der Waals surface area contributed by atoms with Crippen LogP contribution in [0.1, 0.15) is 11.1 Å². The van der Waals surface area contributed by atoms with Gasteiger partial charge in [-0.3, -0.25) is 4.79 Å². The lowest BCUT2D eigenvalue weighted by molar-refractivity contribution is -0.111. The number of carbonyl (C=O) groups is 1. The summed E-state index contributed by atoms with van der Waals surface area (Å²) in [4.78, 5) is 11.8. The molecule has 0 radical (unpaired) electrons. The molecule has 0 spiro atoms. The van der Waals surface area contributed by atoms with Gasteiger partial charge in [0.1, 0.15) is 5.82 Å². The van der Waals surface area contributed by atoms with E-state index in [1.807, 2.05) is 31.2 Å². The van der Waals surface area contributed by atoms with Crippen LogP contribution in [-0.2, 0) is 14.6 Å². The SMILES string of the molecule is Cc1cccc(/C=C/C(=O)Nc2cc(S(C)(=O)=O)ccc2F)c1. The molecule has 0 bridgehead atoms. The fraction of sp³-hybridized carbons (Fsp3) is 0.118. The predicted molar refractivity (Wildman–Crippen MR) is 88.4 cm³/mol. The fourth-order valence-electron chi connectivity index (χ4n) is 1.95. The largest absolute Gasteiger partial charge is 0.320 e. The number of carbonyl (C=O) groups excluding carboxylic acids is 1. The van der Waals surface area contributed by atoms with Crippen LogP contribution in [0.15, 0.2) is 53.4 Å². The molecule has 2 aromatic carbocycles. The summed E-state index contributed by atoms with van der Waals surface area (Å²) in [6.45, 7) is 1.93. The van der Waals surface area contributed by atoms with Crippen LogP contribution >= 0.6 is 0 Å². The molecule has 0 aromatic heterocycles. The number of amides is 1. The van der Waals surface area contributed by atoms with Gasteiger partial charge in [0, 0.05) is 12.3 Å². The van der Waals surface area contributed by atoms with E-state index in [-0.39, 0.29) is 10.6 Å². The van der Waals surface area contributed by atoms with Crippen molar-refractivity contribution in [3.63, 3.8) is 0 Å². The van der Waals surface area contributed by atoms with Crippen molar-refractivity contribution >= 4 is 27.5 Å². The number of sulfone groups is 1. The highest BCUT2D eigenvalue weighted by molar-refractivity contribution is 7.90. The smallest absolute Gasteiger partial charge is 0.248 e. The Labute approximate surface area is 134 Å². The number of aryl methyl sites for hydroxylation is 1. The second-order valence-corrected chi connectivity index (χ2v) is 7.17. The summed E-state index contributed by atoms with van der Waals surface area (Å²) < 4.78 is 36.7. The van der Waals surface area contributed by atoms with Crippen molar-refractivity contribution in [3.05, 3.63) is 65.5 Å². The highest BCUT2D eigenvalue weighted by Gasteiger charge is 2.12. The third-order valence-electron chi connectivity index (χ3n) is 3.09. The van der Waals surface area contributed by atoms with Crippen molar-refractivity contribution in [2.24, 2.45) is 0 Å². The first-order chi connectivity index (χ1) is 10.8. The zero-order valence-electron chi connectivity index (χ0n) is 12.7. The molecule has 1 N–H and O–H groups in total. The zero-order valence-corrected chi connectivity index (χ0v) is 13.5. The van der Waals surface area contributed by atoms with E-state index >= 15 is 0 Å². The molecule has 0 fully saturated rings. The molecule has 2 aromatic rings. The van der Waals surface area contributed by atoms with Crippen molar-refractivity contribution in [1.29, 1.82) is 0 Å². The first kappa shape index (κ1) is 16.9. The molecule has 0 unspecified atom stereocenters. The monoisotopic (exact) mass is 333 g/mol. The Morgan fingerprint density at radius 2 is 1.91 bits per heavy atom. The maximum atomic E-state index is 13.7. The van der Waals surface area contributed by atoms with Crippen LogP contribution in [0.25, 0.3) is 6.08 Å². The minimum atomic E-state index is -3.47. The molecular weight excluding hydrogens is 317 g/mol. The quantitative estimate of drug-likeness (QED) is 0.690. The lowest BCUT2D eigenvalue weighted by Gasteiger charge is -2.06. The maximum Gasteiger partial charge on any atom is 0.248 e. The highest BCUT2D eigenvalue weighted by Crippen LogP contribution is 2.19. The normalized spacial score (nSPS) is 11.6. The summed E-state index contributed by atoms with van der Waals surface area (Å²) in [7, 11) is -3.47. The third-order valence-corrected chi connectivity index (χ3v) is 4.20. The van der Waals surface area contributed by atoms with Crippen LogP contribution in [0.3, 0.4) is 0 Å². The molecule has 23 heavy (non-hydrogen) atoms. The van der Waals surface area contributed by atoms with E-state index in [0.717, 1.165) is 35.6 Å². The first-order valence-electron chi connectivity index (χ1n) is 6.81. The van der Waals surface area contributed by atoms with Gasteiger partial charge in [-0.15, -0.1) is 0 Å². The van der Waals surface area contributed by atoms with Gasteiger partial charge in [0.25, 0.3) is 0 Å². The average Bonchev–Trinajstić information content (AvgIpc) is 2.46. The second kappa shape index (κ2) is 6.75. The number of nitrogens with one attached hydrogen (secondary N) is 1. The molecule has 6 heteroatoms. The molecule has 0 aliphatic heterocycles. The fourth-order valence-corrected chi connectivity index (χ4v) is 2.60. The molecule has 120 valence electrons. The molecule has 1 amide bonds. The summed E-state index contributed by atoms with van der Waals surface area (Å²) in [5.41, 5.74) is 1.72. The molecule has 0 saturated carbocycles. The van der Waals surface area contributed by atoms with Gasteiger partial charge in [0.2, 0.25) is 5.91 Å². The Hall–Kier alpha value is -2.47. The van der Waals surface area contributed by atoms with Gasteiger partial charge in [-0.1, -0.05) is 29.8 Å². The zero-order chi connectivity index (χ0) is 17.0. The van der Waals surface area contributed by atoms with Gasteiger partial charge in [0.15, 0.2) is 9.84 Å². The summed E-state index contributed by atoms with van der Waals surface area (Å²) >= 11 is 0. The predicted octanol–water partition coefficient (Wildman–Crippen LogP) is 3.19. The van der Waals surface area contributed by atoms with Crippen LogP contribution in [0.5, 0.6) is 0 Å². The van der Waals surface area contributed by atoms with E-state index in [0.29, 0.717) is 0 Å². The van der Waals surface area contributed by atoms with Gasteiger partial charge in [-0.05, 0) is 36.8 Å². The van der Waals surface area contributed by atoms with Gasteiger partial charge in [-0.25, -0.2) is 12.8 Å². The van der Waals surface area contributed by atoms with Crippen LogP contribution < -0.4 is 5.32 Å². The lowest BCUT2D eigenvalue weighted by atomic mass is 10.1. The summed E-state index contributed by atoms with van der Waals surface area (Å²) in [6.07, 6.45) is 3.88. The lowest BCUT2D eigenvalue weighted by Crippen LogP contribution is -2.10. The topological polar surface area (TPSA) is 63.2 Å². The van der Waals surface area contributed by atoms with Crippen LogP contribution in [0.4, 0.5) is 10.1 Å². The Kier molecular flexibility index (Phi) is 4.95. The minimum absolute atomic E-state index is 0.0585. The van der Waals surface area contributed by atoms with E-state index in [1.165, 1.54) is 6.08 Å². The number of anilines is 1. The molecule has 2 rings (SSSR count). The Balaban J connectivity index is 2.17. The highest BCUT2D eigenvalue weighted by atomic mass is 32.2. The van der Waals surface area contributed by atoms with Gasteiger partial charge in [-0.2, -0.15) is 0 Å². The number of halogens is 1. The van der Waals surface area contributed by atoms with Crippen molar-refractivity contribution in [2.45, 2.75) is 11.8 Å². The van der Waals surface area contributed by atoms with Crippen LogP contribution in [-0.4, -0.2) is 20.6 Å². The van der Waals surface area contributed by atoms with E-state index in [2.05, 4.69) is 5.32 Å². The maximum absolute atomic E-state index is 13.7. The molecule has 0 heterocycles. The van der Waals surface area contributed by atoms with Crippen LogP contribution in [0, 0.1) is 12.7 Å². The van der Waals surface area contributed by atoms with E-state index in [1.54, 1.807) is 6.08 Å². The standard InChI is InChI=1S/C17H16FNO3S/c1-12-4-3-5-13(10-12)6-9-17(20)19-16-11-14(23(2,21)22)7-8-15(16)18/h3-11H,1-2H3,(H,19,20)/b9-6+. The molecule has 0 aliphatic carbocycles. The molecule has 0 aliphatic rings. The summed E-state index contributed by atoms with van der Waals surface area (Å²) in [6, 6.07) is 10.8. The van der Waals surface area contributed by atoms with Gasteiger partial charge < -0.3 is 5.32 Å². The minimum Gasteiger partial charge on any atom is -0.320 e. The summed E-state index contributed by atoms with van der Waals surface area (Å²) in [5, 5.41) is 2.34. The number of benzene rings is 2. The van der Waals surface area contributed by atoms with Crippen LogP contribution in [0.2, 0.25) is 0 Å². The second-order valence-electron chi connectivity index (χ2n) is 5.15. The molecular formula is C17H16FNO3S. The van der Waals surface area contributed by atoms with Gasteiger partial charge >= 0.3 is 0 Å². The number of hydrogen-bond acceptors (Lipinski definition) is 3. The van der Waals surface area contributed by atoms with Gasteiger partial charge in [0.05, 0.1) is 10.6 Å². The average molecular weight is 333 g/mol. The Morgan fingerprint density at radius 1 is 1.17 bits per heavy atom. The molecule has 0 atom stereocenters. The number of rotatable bonds is 4. The van der Waals surface area contributed by atoms with E-state index < -0.39 is 21.6 Å². The van der Waals surface area contributed by atoms with E-state index in [4.69, 9.17) is 0 Å².